The normalized spacial score (nSPS) is 19.4. The van der Waals surface area contributed by atoms with Crippen molar-refractivity contribution in [1.82, 2.24) is 0 Å². The maximum atomic E-state index is 14.1. The standard InChI is InChI=1S/C27H24F2N2O3/c1-33-24-10-8-15(14-25(24)34-2)17-12-22-26(23(32)13-17)27(16-7-9-18(28)19(29)11-16)31-21-6-4-3-5-20(21)30-22/h3-11,14,17,27,30-31H,12-13H2,1-2H3/t17-,27-/m1/s1. The summed E-state index contributed by atoms with van der Waals surface area (Å²) in [6.45, 7) is 0. The molecule has 5 nitrogen and oxygen atoms in total. The zero-order chi connectivity index (χ0) is 23.8. The van der Waals surface area contributed by atoms with Crippen molar-refractivity contribution in [3.63, 3.8) is 0 Å². The van der Waals surface area contributed by atoms with Gasteiger partial charge in [-0.3, -0.25) is 4.79 Å². The number of nitrogens with one attached hydrogen (secondary N) is 2. The van der Waals surface area contributed by atoms with E-state index in [9.17, 15) is 13.6 Å². The third-order valence-electron chi connectivity index (χ3n) is 6.46. The van der Waals surface area contributed by atoms with Crippen LogP contribution in [0, 0.1) is 11.6 Å². The summed E-state index contributed by atoms with van der Waals surface area (Å²) in [5.41, 5.74) is 4.36. The number of fused-ring (bicyclic) bond motifs is 1. The fraction of sp³-hybridized carbons (Fsp3) is 0.222. The number of hydrogen-bond acceptors (Lipinski definition) is 5. The number of hydrogen-bond donors (Lipinski definition) is 2. The molecule has 1 heterocycles. The molecule has 0 unspecified atom stereocenters. The molecule has 2 atom stereocenters. The minimum Gasteiger partial charge on any atom is -0.493 e. The number of ether oxygens (including phenoxy) is 2. The van der Waals surface area contributed by atoms with Crippen LogP contribution in [0.2, 0.25) is 0 Å². The van der Waals surface area contributed by atoms with Gasteiger partial charge < -0.3 is 20.1 Å². The number of anilines is 2. The number of ketones is 1. The number of halogens is 2. The Bertz CT molecular complexity index is 1300. The highest BCUT2D eigenvalue weighted by molar-refractivity contribution is 6.01. The van der Waals surface area contributed by atoms with Crippen molar-refractivity contribution >= 4 is 17.2 Å². The van der Waals surface area contributed by atoms with Gasteiger partial charge in [-0.15, -0.1) is 0 Å². The van der Waals surface area contributed by atoms with E-state index in [1.807, 2.05) is 42.5 Å². The predicted molar refractivity (Wildman–Crippen MR) is 126 cm³/mol. The first-order valence-electron chi connectivity index (χ1n) is 11.0. The molecule has 0 fully saturated rings. The number of para-hydroxylation sites is 2. The van der Waals surface area contributed by atoms with E-state index >= 15 is 0 Å². The summed E-state index contributed by atoms with van der Waals surface area (Å²) < 4.78 is 38.6. The van der Waals surface area contributed by atoms with Crippen LogP contribution in [-0.4, -0.2) is 20.0 Å². The molecule has 1 aliphatic carbocycles. The highest BCUT2D eigenvalue weighted by Crippen LogP contribution is 2.45. The third kappa shape index (κ3) is 3.87. The quantitative estimate of drug-likeness (QED) is 0.501. The summed E-state index contributed by atoms with van der Waals surface area (Å²) in [5, 5.41) is 6.81. The summed E-state index contributed by atoms with van der Waals surface area (Å²) in [6.07, 6.45) is 0.862. The van der Waals surface area contributed by atoms with Gasteiger partial charge in [0.2, 0.25) is 0 Å². The van der Waals surface area contributed by atoms with E-state index in [-0.39, 0.29) is 18.1 Å². The molecule has 0 saturated carbocycles. The van der Waals surface area contributed by atoms with E-state index in [1.54, 1.807) is 14.2 Å². The monoisotopic (exact) mass is 462 g/mol. The molecule has 0 radical (unpaired) electrons. The molecule has 2 aliphatic rings. The Morgan fingerprint density at radius 2 is 1.56 bits per heavy atom. The lowest BCUT2D eigenvalue weighted by atomic mass is 9.78. The molecule has 5 rings (SSSR count). The van der Waals surface area contributed by atoms with Gasteiger partial charge in [0.1, 0.15) is 0 Å². The smallest absolute Gasteiger partial charge is 0.163 e. The maximum absolute atomic E-state index is 14.1. The highest BCUT2D eigenvalue weighted by atomic mass is 19.2. The number of benzene rings is 3. The van der Waals surface area contributed by atoms with Crippen LogP contribution in [0.25, 0.3) is 0 Å². The van der Waals surface area contributed by atoms with Crippen LogP contribution in [0.3, 0.4) is 0 Å². The summed E-state index contributed by atoms with van der Waals surface area (Å²) >= 11 is 0. The van der Waals surface area contributed by atoms with Gasteiger partial charge in [0.25, 0.3) is 0 Å². The second-order valence-corrected chi connectivity index (χ2v) is 8.46. The molecular formula is C27H24F2N2O3. The number of allylic oxidation sites excluding steroid dienone is 1. The Hall–Kier alpha value is -3.87. The predicted octanol–water partition coefficient (Wildman–Crippen LogP) is 5.96. The Morgan fingerprint density at radius 1 is 0.824 bits per heavy atom. The summed E-state index contributed by atoms with van der Waals surface area (Å²) in [4.78, 5) is 13.6. The Labute approximate surface area is 196 Å². The van der Waals surface area contributed by atoms with Crippen molar-refractivity contribution in [3.8, 4) is 11.5 Å². The number of carbonyl (C=O) groups excluding carboxylic acids is 1. The van der Waals surface area contributed by atoms with E-state index in [0.717, 1.165) is 34.8 Å². The van der Waals surface area contributed by atoms with Crippen LogP contribution in [0.15, 0.2) is 71.9 Å². The zero-order valence-corrected chi connectivity index (χ0v) is 18.8. The van der Waals surface area contributed by atoms with Gasteiger partial charge in [-0.05, 0) is 59.9 Å². The number of rotatable bonds is 4. The third-order valence-corrected chi connectivity index (χ3v) is 6.46. The van der Waals surface area contributed by atoms with E-state index in [2.05, 4.69) is 10.6 Å². The van der Waals surface area contributed by atoms with Crippen molar-refractivity contribution in [3.05, 3.63) is 94.7 Å². The van der Waals surface area contributed by atoms with Gasteiger partial charge >= 0.3 is 0 Å². The van der Waals surface area contributed by atoms with Crippen molar-refractivity contribution in [2.75, 3.05) is 24.9 Å². The van der Waals surface area contributed by atoms with Crippen LogP contribution in [0.1, 0.15) is 35.9 Å². The largest absolute Gasteiger partial charge is 0.493 e. The fourth-order valence-electron chi connectivity index (χ4n) is 4.78. The molecule has 0 saturated heterocycles. The lowest BCUT2D eigenvalue weighted by Crippen LogP contribution is -2.27. The summed E-state index contributed by atoms with van der Waals surface area (Å²) in [6, 6.07) is 16.4. The highest BCUT2D eigenvalue weighted by Gasteiger charge is 2.36. The SMILES string of the molecule is COc1ccc([C@H]2CC(=O)C3=C(C2)Nc2ccccc2N[C@@H]3c2ccc(F)c(F)c2)cc1OC. The molecule has 3 aromatic carbocycles. The summed E-state index contributed by atoms with van der Waals surface area (Å²) in [5.74, 6) is -0.768. The molecule has 0 bridgehead atoms. The van der Waals surface area contributed by atoms with Crippen LogP contribution >= 0.6 is 0 Å². The lowest BCUT2D eigenvalue weighted by Gasteiger charge is -2.30. The minimum atomic E-state index is -0.946. The molecule has 174 valence electrons. The first-order chi connectivity index (χ1) is 16.5. The molecule has 7 heteroatoms. The van der Waals surface area contributed by atoms with E-state index < -0.39 is 17.7 Å². The Morgan fingerprint density at radius 3 is 2.29 bits per heavy atom. The van der Waals surface area contributed by atoms with Crippen molar-refractivity contribution in [2.24, 2.45) is 0 Å². The van der Waals surface area contributed by atoms with E-state index in [4.69, 9.17) is 9.47 Å². The van der Waals surface area contributed by atoms with Crippen LogP contribution in [-0.2, 0) is 4.79 Å². The number of carbonyl (C=O) groups is 1. The minimum absolute atomic E-state index is 0.0522. The van der Waals surface area contributed by atoms with Gasteiger partial charge in [0.15, 0.2) is 28.9 Å². The fourth-order valence-corrected chi connectivity index (χ4v) is 4.78. The number of methoxy groups -OCH3 is 2. The van der Waals surface area contributed by atoms with Crippen molar-refractivity contribution < 1.29 is 23.0 Å². The Kier molecular flexibility index (Phi) is 5.69. The van der Waals surface area contributed by atoms with E-state index in [1.165, 1.54) is 6.07 Å². The molecule has 0 aromatic heterocycles. The van der Waals surface area contributed by atoms with E-state index in [0.29, 0.717) is 29.1 Å². The Balaban J connectivity index is 1.59. The second kappa shape index (κ2) is 8.82. The average molecular weight is 462 g/mol. The molecule has 1 aliphatic heterocycles. The molecule has 3 aromatic rings. The van der Waals surface area contributed by atoms with Gasteiger partial charge in [-0.25, -0.2) is 8.78 Å². The summed E-state index contributed by atoms with van der Waals surface area (Å²) in [7, 11) is 3.16. The second-order valence-electron chi connectivity index (χ2n) is 8.46. The zero-order valence-electron chi connectivity index (χ0n) is 18.8. The maximum Gasteiger partial charge on any atom is 0.163 e. The van der Waals surface area contributed by atoms with Gasteiger partial charge in [0.05, 0.1) is 31.6 Å². The van der Waals surface area contributed by atoms with Crippen LogP contribution < -0.4 is 20.1 Å². The van der Waals surface area contributed by atoms with Gasteiger partial charge in [-0.1, -0.05) is 24.3 Å². The average Bonchev–Trinajstić information content (AvgIpc) is 3.02. The van der Waals surface area contributed by atoms with Crippen molar-refractivity contribution in [2.45, 2.75) is 24.8 Å². The van der Waals surface area contributed by atoms with Gasteiger partial charge in [-0.2, -0.15) is 0 Å². The topological polar surface area (TPSA) is 59.6 Å². The molecular weight excluding hydrogens is 438 g/mol. The van der Waals surface area contributed by atoms with Crippen LogP contribution in [0.5, 0.6) is 11.5 Å². The molecule has 2 N–H and O–H groups in total. The van der Waals surface area contributed by atoms with Gasteiger partial charge in [0, 0.05) is 17.7 Å². The van der Waals surface area contributed by atoms with Crippen LogP contribution in [0.4, 0.5) is 20.2 Å². The molecule has 34 heavy (non-hydrogen) atoms. The van der Waals surface area contributed by atoms with Crippen molar-refractivity contribution in [1.29, 1.82) is 0 Å². The molecule has 0 spiro atoms. The molecule has 0 amide bonds. The number of Topliss-reactive ketones (excluding diaryl/α,β-unsaturated/α-hetero) is 1. The first-order valence-corrected chi connectivity index (χ1v) is 11.0. The lowest BCUT2D eigenvalue weighted by molar-refractivity contribution is -0.116. The first kappa shape index (κ1) is 21.9.